The molecule has 2 amide bonds. The molecule has 0 aromatic heterocycles. The van der Waals surface area contributed by atoms with Gasteiger partial charge >= 0.3 is 6.03 Å². The molecule has 1 spiro atoms. The lowest BCUT2D eigenvalue weighted by molar-refractivity contribution is 0.0893. The van der Waals surface area contributed by atoms with E-state index in [2.05, 4.69) is 46.3 Å². The van der Waals surface area contributed by atoms with Crippen LogP contribution in [0, 0.1) is 5.41 Å². The van der Waals surface area contributed by atoms with E-state index in [0.29, 0.717) is 11.5 Å². The Labute approximate surface area is 140 Å². The topological polar surface area (TPSA) is 38.8 Å². The van der Waals surface area contributed by atoms with Crippen LogP contribution in [0.4, 0.5) is 4.79 Å². The smallest absolute Gasteiger partial charge is 0.317 e. The predicted molar refractivity (Wildman–Crippen MR) is 93.5 cm³/mol. The number of nitrogens with zero attached hydrogens (tertiary/aromatic N) is 3. The molecular formula is C18H32N4O. The SMILES string of the molecule is CN1CCN(C)[C@H](CNC(=O)N2CCC[C@@]3(CC=CCC3)C2)C1. The second kappa shape index (κ2) is 7.22. The van der Waals surface area contributed by atoms with E-state index >= 15 is 0 Å². The van der Waals surface area contributed by atoms with E-state index in [0.717, 1.165) is 52.1 Å². The number of rotatable bonds is 2. The van der Waals surface area contributed by atoms with Gasteiger partial charge in [0.25, 0.3) is 0 Å². The van der Waals surface area contributed by atoms with Crippen LogP contribution in [-0.2, 0) is 0 Å². The Hall–Kier alpha value is -1.07. The van der Waals surface area contributed by atoms with Gasteiger partial charge in [0.1, 0.15) is 0 Å². The van der Waals surface area contributed by atoms with Crippen molar-refractivity contribution >= 4 is 6.03 Å². The average molecular weight is 320 g/mol. The number of likely N-dealkylation sites (tertiary alicyclic amines) is 1. The summed E-state index contributed by atoms with van der Waals surface area (Å²) >= 11 is 0. The normalized spacial score (nSPS) is 33.1. The maximum atomic E-state index is 12.6. The number of piperazine rings is 1. The highest BCUT2D eigenvalue weighted by Crippen LogP contribution is 2.40. The van der Waals surface area contributed by atoms with Crippen LogP contribution in [0.1, 0.15) is 32.1 Å². The number of nitrogens with one attached hydrogen (secondary N) is 1. The first-order chi connectivity index (χ1) is 11.1. The number of allylic oxidation sites excluding steroid dienone is 2. The summed E-state index contributed by atoms with van der Waals surface area (Å²) in [4.78, 5) is 19.4. The average Bonchev–Trinajstić information content (AvgIpc) is 2.56. The molecular weight excluding hydrogens is 288 g/mol. The number of carbonyl (C=O) groups is 1. The molecule has 0 aromatic rings. The molecule has 3 aliphatic rings. The first kappa shape index (κ1) is 16.8. The van der Waals surface area contributed by atoms with Crippen LogP contribution in [0.3, 0.4) is 0 Å². The van der Waals surface area contributed by atoms with Gasteiger partial charge in [-0.1, -0.05) is 12.2 Å². The minimum Gasteiger partial charge on any atom is -0.336 e. The van der Waals surface area contributed by atoms with Crippen LogP contribution in [0.2, 0.25) is 0 Å². The Balaban J connectivity index is 1.50. The van der Waals surface area contributed by atoms with Crippen LogP contribution in [-0.4, -0.2) is 80.1 Å². The molecule has 0 bridgehead atoms. The quantitative estimate of drug-likeness (QED) is 0.788. The van der Waals surface area contributed by atoms with Gasteiger partial charge in [-0.25, -0.2) is 4.79 Å². The molecule has 1 aliphatic carbocycles. The fraction of sp³-hybridized carbons (Fsp3) is 0.833. The first-order valence-corrected chi connectivity index (χ1v) is 9.15. The molecule has 130 valence electrons. The molecule has 0 radical (unpaired) electrons. The Morgan fingerprint density at radius 3 is 2.87 bits per heavy atom. The van der Waals surface area contributed by atoms with Crippen LogP contribution in [0.15, 0.2) is 12.2 Å². The number of carbonyl (C=O) groups excluding carboxylic acids is 1. The maximum Gasteiger partial charge on any atom is 0.317 e. The molecule has 5 nitrogen and oxygen atoms in total. The zero-order valence-electron chi connectivity index (χ0n) is 14.8. The summed E-state index contributed by atoms with van der Waals surface area (Å²) in [5.41, 5.74) is 0.353. The van der Waals surface area contributed by atoms with Crippen molar-refractivity contribution in [2.45, 2.75) is 38.1 Å². The standard InChI is InChI=1S/C18H32N4O/c1-20-11-12-21(2)16(14-20)13-19-17(23)22-10-6-9-18(15-22)7-4-3-5-8-18/h3-4,16H,5-15H2,1-2H3,(H,19,23)/t16-,18+/m1/s1. The highest BCUT2D eigenvalue weighted by Gasteiger charge is 2.37. The Kier molecular flexibility index (Phi) is 5.27. The van der Waals surface area contributed by atoms with E-state index in [1.54, 1.807) is 0 Å². The molecule has 0 aromatic carbocycles. The summed E-state index contributed by atoms with van der Waals surface area (Å²) in [6, 6.07) is 0.564. The minimum absolute atomic E-state index is 0.139. The van der Waals surface area contributed by atoms with Crippen LogP contribution in [0.25, 0.3) is 0 Å². The summed E-state index contributed by atoms with van der Waals surface area (Å²) < 4.78 is 0. The zero-order chi connectivity index (χ0) is 16.3. The highest BCUT2D eigenvalue weighted by molar-refractivity contribution is 5.74. The summed E-state index contributed by atoms with van der Waals surface area (Å²) in [5, 5.41) is 3.20. The lowest BCUT2D eigenvalue weighted by Crippen LogP contribution is -2.56. The number of piperidine rings is 1. The van der Waals surface area contributed by atoms with E-state index < -0.39 is 0 Å². The van der Waals surface area contributed by atoms with E-state index in [9.17, 15) is 4.79 Å². The monoisotopic (exact) mass is 320 g/mol. The van der Waals surface area contributed by atoms with Gasteiger partial charge in [-0.05, 0) is 51.6 Å². The van der Waals surface area contributed by atoms with Gasteiger partial charge in [0.2, 0.25) is 0 Å². The molecule has 3 rings (SSSR count). The second-order valence-electron chi connectivity index (χ2n) is 7.82. The van der Waals surface area contributed by atoms with Crippen molar-refractivity contribution in [2.75, 3.05) is 53.4 Å². The molecule has 2 saturated heterocycles. The summed E-state index contributed by atoms with van der Waals surface area (Å²) in [5.74, 6) is 0. The van der Waals surface area contributed by atoms with Crippen LogP contribution >= 0.6 is 0 Å². The lowest BCUT2D eigenvalue weighted by Gasteiger charge is -2.44. The van der Waals surface area contributed by atoms with Gasteiger partial charge in [-0.15, -0.1) is 0 Å². The third-order valence-corrected chi connectivity index (χ3v) is 5.98. The van der Waals surface area contributed by atoms with E-state index in [1.165, 1.54) is 19.3 Å². The summed E-state index contributed by atoms with van der Waals surface area (Å²) in [6.07, 6.45) is 10.6. The van der Waals surface area contributed by atoms with Crippen molar-refractivity contribution in [3.8, 4) is 0 Å². The molecule has 1 N–H and O–H groups in total. The summed E-state index contributed by atoms with van der Waals surface area (Å²) in [7, 11) is 4.32. The minimum atomic E-state index is 0.139. The second-order valence-corrected chi connectivity index (χ2v) is 7.82. The van der Waals surface area contributed by atoms with Crippen molar-refractivity contribution < 1.29 is 4.79 Å². The largest absolute Gasteiger partial charge is 0.336 e. The number of likely N-dealkylation sites (N-methyl/N-ethyl adjacent to an activating group) is 2. The Morgan fingerprint density at radius 2 is 2.09 bits per heavy atom. The van der Waals surface area contributed by atoms with E-state index in [4.69, 9.17) is 0 Å². The van der Waals surface area contributed by atoms with E-state index in [-0.39, 0.29) is 6.03 Å². The molecule has 23 heavy (non-hydrogen) atoms. The Morgan fingerprint density at radius 1 is 1.22 bits per heavy atom. The maximum absolute atomic E-state index is 12.6. The highest BCUT2D eigenvalue weighted by atomic mass is 16.2. The van der Waals surface area contributed by atoms with Gasteiger partial charge in [0.05, 0.1) is 0 Å². The van der Waals surface area contributed by atoms with Crippen molar-refractivity contribution in [3.63, 3.8) is 0 Å². The van der Waals surface area contributed by atoms with Gasteiger partial charge < -0.3 is 15.1 Å². The lowest BCUT2D eigenvalue weighted by atomic mass is 9.71. The molecule has 0 saturated carbocycles. The van der Waals surface area contributed by atoms with Gasteiger partial charge in [-0.3, -0.25) is 4.90 Å². The van der Waals surface area contributed by atoms with Crippen molar-refractivity contribution in [1.29, 1.82) is 0 Å². The van der Waals surface area contributed by atoms with Crippen molar-refractivity contribution in [3.05, 3.63) is 12.2 Å². The van der Waals surface area contributed by atoms with Gasteiger partial charge in [0, 0.05) is 45.3 Å². The molecule has 5 heteroatoms. The molecule has 2 fully saturated rings. The molecule has 2 atom stereocenters. The van der Waals surface area contributed by atoms with Crippen molar-refractivity contribution in [2.24, 2.45) is 5.41 Å². The molecule has 2 heterocycles. The molecule has 0 unspecified atom stereocenters. The first-order valence-electron chi connectivity index (χ1n) is 9.15. The third-order valence-electron chi connectivity index (χ3n) is 5.98. The fourth-order valence-corrected chi connectivity index (χ4v) is 4.33. The van der Waals surface area contributed by atoms with E-state index in [1.807, 2.05) is 0 Å². The van der Waals surface area contributed by atoms with Gasteiger partial charge in [-0.2, -0.15) is 0 Å². The van der Waals surface area contributed by atoms with Crippen LogP contribution < -0.4 is 5.32 Å². The Bertz CT molecular complexity index is 452. The number of hydrogen-bond donors (Lipinski definition) is 1. The summed E-state index contributed by atoms with van der Waals surface area (Å²) in [6.45, 7) is 5.83. The van der Waals surface area contributed by atoms with Gasteiger partial charge in [0.15, 0.2) is 0 Å². The zero-order valence-corrected chi connectivity index (χ0v) is 14.8. The third kappa shape index (κ3) is 4.07. The predicted octanol–water partition coefficient (Wildman–Crippen LogP) is 1.76. The van der Waals surface area contributed by atoms with Crippen molar-refractivity contribution in [1.82, 2.24) is 20.0 Å². The van der Waals surface area contributed by atoms with Crippen LogP contribution in [0.5, 0.6) is 0 Å². The number of urea groups is 1. The number of amides is 2. The number of hydrogen-bond acceptors (Lipinski definition) is 3. The molecule has 2 aliphatic heterocycles. The fourth-order valence-electron chi connectivity index (χ4n) is 4.33.